The van der Waals surface area contributed by atoms with Gasteiger partial charge in [0.2, 0.25) is 11.8 Å². The molecule has 152 valence electrons. The van der Waals surface area contributed by atoms with Crippen molar-refractivity contribution in [3.05, 3.63) is 29.4 Å². The minimum absolute atomic E-state index is 0.112. The van der Waals surface area contributed by atoms with Crippen molar-refractivity contribution in [3.8, 4) is 11.8 Å². The summed E-state index contributed by atoms with van der Waals surface area (Å²) in [4.78, 5) is 23.0. The zero-order valence-electron chi connectivity index (χ0n) is 16.2. The second-order valence-corrected chi connectivity index (χ2v) is 6.27. The number of amides is 1. The Labute approximate surface area is 162 Å². The first-order chi connectivity index (χ1) is 13.6. The van der Waals surface area contributed by atoms with E-state index in [4.69, 9.17) is 23.5 Å². The van der Waals surface area contributed by atoms with E-state index in [2.05, 4.69) is 15.1 Å². The lowest BCUT2D eigenvalue weighted by molar-refractivity contribution is -0.00970. The Morgan fingerprint density at radius 3 is 2.82 bits per heavy atom. The number of hydrogen-bond acceptors (Lipinski definition) is 9. The fourth-order valence-electron chi connectivity index (χ4n) is 3.01. The lowest BCUT2D eigenvalue weighted by Gasteiger charge is -2.32. The summed E-state index contributed by atoms with van der Waals surface area (Å²) in [6.45, 7) is 1.59. The highest BCUT2D eigenvalue weighted by Crippen LogP contribution is 2.24. The molecule has 1 atom stereocenters. The summed E-state index contributed by atoms with van der Waals surface area (Å²) in [5.41, 5.74) is 0.395. The number of ether oxygens (including phenoxy) is 4. The number of carbonyl (C=O) groups is 1. The van der Waals surface area contributed by atoms with E-state index in [0.717, 1.165) is 12.8 Å². The third-order valence-corrected chi connectivity index (χ3v) is 4.36. The molecule has 0 bridgehead atoms. The third kappa shape index (κ3) is 4.76. The molecule has 3 heterocycles. The molecule has 0 N–H and O–H groups in total. The predicted molar refractivity (Wildman–Crippen MR) is 96.1 cm³/mol. The van der Waals surface area contributed by atoms with E-state index in [0.29, 0.717) is 36.2 Å². The average Bonchev–Trinajstić information content (AvgIpc) is 3.19. The average molecular weight is 392 g/mol. The minimum atomic E-state index is -0.151. The van der Waals surface area contributed by atoms with Gasteiger partial charge >= 0.3 is 0 Å². The minimum Gasteiger partial charge on any atom is -0.481 e. The van der Waals surface area contributed by atoms with Crippen LogP contribution in [0.2, 0.25) is 0 Å². The smallest absolute Gasteiger partial charge is 0.259 e. The standard InChI is InChI=1S/C18H24N4O6/c1-24-11-16-19-14(21-28-16)10-27-12-5-4-8-22(9-12)18(23)13-6-7-15(25-2)20-17(13)26-3/h6-7,12H,4-5,8-11H2,1-3H3. The summed E-state index contributed by atoms with van der Waals surface area (Å²) < 4.78 is 26.2. The summed E-state index contributed by atoms with van der Waals surface area (Å²) in [7, 11) is 4.54. The Bertz CT molecular complexity index is 796. The van der Waals surface area contributed by atoms with Crippen LogP contribution in [0, 0.1) is 0 Å². The van der Waals surface area contributed by atoms with Crippen LogP contribution in [-0.4, -0.2) is 66.5 Å². The second-order valence-electron chi connectivity index (χ2n) is 6.27. The van der Waals surface area contributed by atoms with Gasteiger partial charge in [-0.05, 0) is 18.9 Å². The Morgan fingerprint density at radius 2 is 2.07 bits per heavy atom. The molecule has 10 nitrogen and oxygen atoms in total. The molecule has 1 aliphatic rings. The SMILES string of the molecule is COCc1nc(COC2CCCN(C(=O)c3ccc(OC)nc3OC)C2)no1. The number of carbonyl (C=O) groups excluding carboxylic acids is 1. The quantitative estimate of drug-likeness (QED) is 0.659. The van der Waals surface area contributed by atoms with Gasteiger partial charge < -0.3 is 28.4 Å². The van der Waals surface area contributed by atoms with Crippen molar-refractivity contribution in [3.63, 3.8) is 0 Å². The maximum atomic E-state index is 12.9. The predicted octanol–water partition coefficient (Wildman–Crippen LogP) is 1.45. The van der Waals surface area contributed by atoms with Gasteiger partial charge in [-0.25, -0.2) is 0 Å². The van der Waals surface area contributed by atoms with Gasteiger partial charge in [0.05, 0.1) is 20.3 Å². The van der Waals surface area contributed by atoms with Crippen LogP contribution in [0.4, 0.5) is 0 Å². The monoisotopic (exact) mass is 392 g/mol. The fourth-order valence-corrected chi connectivity index (χ4v) is 3.01. The van der Waals surface area contributed by atoms with Crippen molar-refractivity contribution in [1.29, 1.82) is 0 Å². The Kier molecular flexibility index (Phi) is 6.77. The molecule has 3 rings (SSSR count). The first kappa shape index (κ1) is 20.0. The topological polar surface area (TPSA) is 109 Å². The highest BCUT2D eigenvalue weighted by Gasteiger charge is 2.27. The van der Waals surface area contributed by atoms with Gasteiger partial charge in [-0.15, -0.1) is 0 Å². The number of aromatic nitrogens is 3. The maximum absolute atomic E-state index is 12.9. The van der Waals surface area contributed by atoms with Gasteiger partial charge in [-0.2, -0.15) is 9.97 Å². The Balaban J connectivity index is 1.60. The van der Waals surface area contributed by atoms with Crippen molar-refractivity contribution >= 4 is 5.91 Å². The first-order valence-corrected chi connectivity index (χ1v) is 8.95. The number of methoxy groups -OCH3 is 3. The number of pyridine rings is 1. The normalized spacial score (nSPS) is 16.8. The summed E-state index contributed by atoms with van der Waals surface area (Å²) in [5, 5.41) is 3.85. The van der Waals surface area contributed by atoms with Crippen molar-refractivity contribution in [2.75, 3.05) is 34.4 Å². The van der Waals surface area contributed by atoms with Crippen LogP contribution in [0.5, 0.6) is 11.8 Å². The zero-order valence-corrected chi connectivity index (χ0v) is 16.2. The number of piperidine rings is 1. The second kappa shape index (κ2) is 9.47. The van der Waals surface area contributed by atoms with Crippen molar-refractivity contribution in [1.82, 2.24) is 20.0 Å². The van der Waals surface area contributed by atoms with Gasteiger partial charge in [0.25, 0.3) is 11.8 Å². The van der Waals surface area contributed by atoms with Gasteiger partial charge in [-0.3, -0.25) is 4.79 Å². The Hall–Kier alpha value is -2.72. The van der Waals surface area contributed by atoms with E-state index in [1.54, 1.807) is 24.1 Å². The number of likely N-dealkylation sites (tertiary alicyclic amines) is 1. The maximum Gasteiger partial charge on any atom is 0.259 e. The third-order valence-electron chi connectivity index (χ3n) is 4.36. The molecule has 28 heavy (non-hydrogen) atoms. The molecule has 1 aliphatic heterocycles. The highest BCUT2D eigenvalue weighted by molar-refractivity contribution is 5.96. The van der Waals surface area contributed by atoms with Crippen LogP contribution in [0.25, 0.3) is 0 Å². The van der Waals surface area contributed by atoms with Gasteiger partial charge in [-0.1, -0.05) is 5.16 Å². The van der Waals surface area contributed by atoms with Crippen molar-refractivity contribution in [2.24, 2.45) is 0 Å². The summed E-state index contributed by atoms with van der Waals surface area (Å²) in [6, 6.07) is 3.30. The molecule has 0 saturated carbocycles. The molecule has 1 saturated heterocycles. The molecule has 0 aliphatic carbocycles. The number of rotatable bonds is 8. The van der Waals surface area contributed by atoms with Crippen LogP contribution in [0.15, 0.2) is 16.7 Å². The number of nitrogens with zero attached hydrogens (tertiary/aromatic N) is 4. The summed E-state index contributed by atoms with van der Waals surface area (Å²) in [5.74, 6) is 1.34. The van der Waals surface area contributed by atoms with E-state index >= 15 is 0 Å². The lowest BCUT2D eigenvalue weighted by atomic mass is 10.1. The molecule has 2 aromatic heterocycles. The van der Waals surface area contributed by atoms with Gasteiger partial charge in [0.15, 0.2) is 5.82 Å². The van der Waals surface area contributed by atoms with Crippen molar-refractivity contribution < 1.29 is 28.3 Å². The molecule has 0 radical (unpaired) electrons. The van der Waals surface area contributed by atoms with E-state index in [1.165, 1.54) is 14.2 Å². The first-order valence-electron chi connectivity index (χ1n) is 8.95. The molecule has 0 aromatic carbocycles. The van der Waals surface area contributed by atoms with E-state index in [1.807, 2.05) is 0 Å². The number of hydrogen-bond donors (Lipinski definition) is 0. The van der Waals surface area contributed by atoms with E-state index < -0.39 is 0 Å². The van der Waals surface area contributed by atoms with Crippen molar-refractivity contribution in [2.45, 2.75) is 32.2 Å². The zero-order chi connectivity index (χ0) is 19.9. The summed E-state index contributed by atoms with van der Waals surface area (Å²) in [6.07, 6.45) is 1.58. The summed E-state index contributed by atoms with van der Waals surface area (Å²) >= 11 is 0. The molecule has 1 unspecified atom stereocenters. The largest absolute Gasteiger partial charge is 0.481 e. The van der Waals surface area contributed by atoms with E-state index in [-0.39, 0.29) is 31.1 Å². The molecule has 1 amide bonds. The molecule has 0 spiro atoms. The van der Waals surface area contributed by atoms with Crippen LogP contribution in [0.3, 0.4) is 0 Å². The molecular formula is C18H24N4O6. The van der Waals surface area contributed by atoms with Gasteiger partial charge in [0, 0.05) is 26.3 Å². The van der Waals surface area contributed by atoms with Crippen LogP contribution in [-0.2, 0) is 22.7 Å². The Morgan fingerprint density at radius 1 is 1.21 bits per heavy atom. The lowest BCUT2D eigenvalue weighted by Crippen LogP contribution is -2.43. The van der Waals surface area contributed by atoms with Crippen LogP contribution < -0.4 is 9.47 Å². The molecule has 2 aromatic rings. The van der Waals surface area contributed by atoms with E-state index in [9.17, 15) is 4.79 Å². The molecule has 10 heteroatoms. The highest BCUT2D eigenvalue weighted by atomic mass is 16.5. The van der Waals surface area contributed by atoms with Gasteiger partial charge in [0.1, 0.15) is 18.8 Å². The van der Waals surface area contributed by atoms with Crippen LogP contribution in [0.1, 0.15) is 34.9 Å². The molecular weight excluding hydrogens is 368 g/mol. The fraction of sp³-hybridized carbons (Fsp3) is 0.556. The molecule has 1 fully saturated rings. The van der Waals surface area contributed by atoms with Crippen LogP contribution >= 0.6 is 0 Å².